The van der Waals surface area contributed by atoms with Gasteiger partial charge in [-0.2, -0.15) is 0 Å². The Hall–Kier alpha value is -0.563. The molecule has 0 aliphatic rings. The van der Waals surface area contributed by atoms with E-state index in [4.69, 9.17) is 0 Å². The summed E-state index contributed by atoms with van der Waals surface area (Å²) in [5.41, 5.74) is 2.01. The van der Waals surface area contributed by atoms with Crippen LogP contribution in [0.4, 0.5) is 0 Å². The largest absolute Gasteiger partial charge is 0.0622 e. The fourth-order valence-corrected chi connectivity index (χ4v) is 3.62. The smallest absolute Gasteiger partial charge is 0.0324 e. The maximum absolute atomic E-state index is 2.40. The van der Waals surface area contributed by atoms with Crippen molar-refractivity contribution in [3.8, 4) is 0 Å². The lowest BCUT2D eigenvalue weighted by molar-refractivity contribution is 0.461. The highest BCUT2D eigenvalue weighted by molar-refractivity contribution is 6.40. The van der Waals surface area contributed by atoms with Crippen LogP contribution in [0.25, 0.3) is 0 Å². The van der Waals surface area contributed by atoms with Gasteiger partial charge in [-0.3, -0.25) is 0 Å². The molecule has 0 unspecified atom stereocenters. The van der Waals surface area contributed by atoms with Gasteiger partial charge in [-0.25, -0.2) is 0 Å². The van der Waals surface area contributed by atoms with Gasteiger partial charge in [-0.05, 0) is 16.0 Å². The zero-order valence-corrected chi connectivity index (χ0v) is 12.2. The first kappa shape index (κ1) is 12.5. The van der Waals surface area contributed by atoms with Gasteiger partial charge in [-0.15, -0.1) is 0 Å². The van der Waals surface area contributed by atoms with Gasteiger partial charge in [0.1, 0.15) is 0 Å². The van der Waals surface area contributed by atoms with Crippen molar-refractivity contribution in [2.24, 2.45) is 5.41 Å². The Bertz CT molecular complexity index is 293. The Kier molecular flexibility index (Phi) is 3.77. The van der Waals surface area contributed by atoms with Crippen molar-refractivity contribution in [3.63, 3.8) is 0 Å². The van der Waals surface area contributed by atoms with E-state index in [1.807, 2.05) is 0 Å². The molecule has 0 fully saturated rings. The summed E-state index contributed by atoms with van der Waals surface area (Å²) in [6, 6.07) is 12.4. The fourth-order valence-electron chi connectivity index (χ4n) is 1.72. The molecule has 0 nitrogen and oxygen atoms in total. The molecule has 0 bridgehead atoms. The van der Waals surface area contributed by atoms with E-state index in [0.29, 0.717) is 10.5 Å². The van der Waals surface area contributed by atoms with Crippen molar-refractivity contribution in [2.45, 2.75) is 45.7 Å². The van der Waals surface area contributed by atoms with Gasteiger partial charge in [0.05, 0.1) is 0 Å². The maximum atomic E-state index is 2.40. The van der Waals surface area contributed by atoms with Gasteiger partial charge in [0.2, 0.25) is 0 Å². The molecule has 15 heavy (non-hydrogen) atoms. The van der Waals surface area contributed by atoms with Crippen molar-refractivity contribution in [1.29, 1.82) is 0 Å². The van der Waals surface area contributed by atoms with Crippen LogP contribution in [-0.2, 0) is 5.04 Å². The summed E-state index contributed by atoms with van der Waals surface area (Å²) in [5.74, 6) is 0. The molecular formula is C14H24Si. The fraction of sp³-hybridized carbons (Fsp3) is 0.571. The molecular weight excluding hydrogens is 196 g/mol. The van der Waals surface area contributed by atoms with Crippen LogP contribution >= 0.6 is 0 Å². The topological polar surface area (TPSA) is 0 Å². The molecule has 0 aromatic heterocycles. The molecule has 0 N–H and O–H groups in total. The molecule has 84 valence electrons. The molecule has 1 aromatic rings. The van der Waals surface area contributed by atoms with Gasteiger partial charge in [0.15, 0.2) is 0 Å². The van der Waals surface area contributed by atoms with Crippen LogP contribution in [0.15, 0.2) is 30.3 Å². The van der Waals surface area contributed by atoms with E-state index in [1.165, 1.54) is 11.6 Å². The quantitative estimate of drug-likeness (QED) is 0.683. The third-order valence-electron chi connectivity index (χ3n) is 3.06. The minimum atomic E-state index is -0.0632. The van der Waals surface area contributed by atoms with Crippen LogP contribution in [0.2, 0.25) is 6.04 Å². The highest BCUT2D eigenvalue weighted by Crippen LogP contribution is 2.27. The van der Waals surface area contributed by atoms with E-state index in [0.717, 1.165) is 0 Å². The monoisotopic (exact) mass is 220 g/mol. The van der Waals surface area contributed by atoms with Crippen molar-refractivity contribution < 1.29 is 0 Å². The standard InChI is InChI=1S/C14H24Si/c1-13(2,3)11-15-14(4,5)12-9-7-6-8-10-12/h6-10H,11,15H2,1-5H3. The Morgan fingerprint density at radius 1 is 0.933 bits per heavy atom. The Morgan fingerprint density at radius 2 is 1.47 bits per heavy atom. The zero-order valence-electron chi connectivity index (χ0n) is 10.8. The average molecular weight is 220 g/mol. The predicted molar refractivity (Wildman–Crippen MR) is 72.3 cm³/mol. The Morgan fingerprint density at radius 3 is 1.93 bits per heavy atom. The molecule has 0 atom stereocenters. The van der Waals surface area contributed by atoms with E-state index in [-0.39, 0.29) is 9.52 Å². The molecule has 0 saturated heterocycles. The van der Waals surface area contributed by atoms with Crippen molar-refractivity contribution in [2.75, 3.05) is 0 Å². The van der Waals surface area contributed by atoms with Crippen LogP contribution in [0, 0.1) is 5.41 Å². The number of hydrogen-bond acceptors (Lipinski definition) is 0. The van der Waals surface area contributed by atoms with Gasteiger partial charge >= 0.3 is 0 Å². The van der Waals surface area contributed by atoms with Crippen molar-refractivity contribution in [1.82, 2.24) is 0 Å². The van der Waals surface area contributed by atoms with E-state index in [2.05, 4.69) is 65.0 Å². The van der Waals surface area contributed by atoms with Crippen molar-refractivity contribution in [3.05, 3.63) is 35.9 Å². The van der Waals surface area contributed by atoms with Crippen LogP contribution in [0.3, 0.4) is 0 Å². The minimum Gasteiger partial charge on any atom is -0.0622 e. The number of hydrogen-bond donors (Lipinski definition) is 0. The van der Waals surface area contributed by atoms with Crippen LogP contribution in [0.1, 0.15) is 40.2 Å². The third-order valence-corrected chi connectivity index (χ3v) is 6.46. The van der Waals surface area contributed by atoms with Gasteiger partial charge in [0, 0.05) is 9.52 Å². The molecule has 0 amide bonds. The Labute approximate surface area is 96.9 Å². The summed E-state index contributed by atoms with van der Waals surface area (Å²) in [5, 5.41) is 0.439. The van der Waals surface area contributed by atoms with E-state index >= 15 is 0 Å². The van der Waals surface area contributed by atoms with Gasteiger partial charge < -0.3 is 0 Å². The zero-order chi connectivity index (χ0) is 11.5. The lowest BCUT2D eigenvalue weighted by Gasteiger charge is -2.29. The van der Waals surface area contributed by atoms with Crippen LogP contribution in [-0.4, -0.2) is 9.52 Å². The molecule has 0 spiro atoms. The molecule has 0 aliphatic carbocycles. The summed E-state index contributed by atoms with van der Waals surface area (Å²) >= 11 is 0. The molecule has 1 rings (SSSR count). The first-order valence-electron chi connectivity index (χ1n) is 5.87. The van der Waals surface area contributed by atoms with Crippen LogP contribution < -0.4 is 0 Å². The summed E-state index contributed by atoms with van der Waals surface area (Å²) in [4.78, 5) is 0. The third kappa shape index (κ3) is 4.21. The summed E-state index contributed by atoms with van der Waals surface area (Å²) in [6.07, 6.45) is 0. The van der Waals surface area contributed by atoms with E-state index < -0.39 is 0 Å². The average Bonchev–Trinajstić information content (AvgIpc) is 2.16. The van der Waals surface area contributed by atoms with Crippen molar-refractivity contribution >= 4 is 9.52 Å². The SMILES string of the molecule is CC(C)(C)C[SiH2]C(C)(C)c1ccccc1. The number of rotatable bonds is 3. The second kappa shape index (κ2) is 4.52. The highest BCUT2D eigenvalue weighted by atomic mass is 28.2. The summed E-state index contributed by atoms with van der Waals surface area (Å²) in [7, 11) is -0.0632. The van der Waals surface area contributed by atoms with Crippen LogP contribution in [0.5, 0.6) is 0 Å². The molecule has 0 saturated carbocycles. The lowest BCUT2D eigenvalue weighted by atomic mass is 10.0. The molecule has 0 heterocycles. The molecule has 0 aliphatic heterocycles. The number of benzene rings is 1. The normalized spacial score (nSPS) is 13.7. The molecule has 1 heteroatoms. The Balaban J connectivity index is 2.68. The first-order chi connectivity index (χ1) is 6.81. The van der Waals surface area contributed by atoms with Gasteiger partial charge in [-0.1, -0.05) is 71.0 Å². The second-order valence-electron chi connectivity index (χ2n) is 6.31. The van der Waals surface area contributed by atoms with Gasteiger partial charge in [0.25, 0.3) is 0 Å². The summed E-state index contributed by atoms with van der Waals surface area (Å²) in [6.45, 7) is 11.9. The molecule has 0 radical (unpaired) electrons. The lowest BCUT2D eigenvalue weighted by Crippen LogP contribution is -2.28. The highest BCUT2D eigenvalue weighted by Gasteiger charge is 2.23. The van der Waals surface area contributed by atoms with E-state index in [1.54, 1.807) is 0 Å². The first-order valence-corrected chi connectivity index (χ1v) is 7.57. The summed E-state index contributed by atoms with van der Waals surface area (Å²) < 4.78 is 0. The predicted octanol–water partition coefficient (Wildman–Crippen LogP) is 3.55. The van der Waals surface area contributed by atoms with E-state index in [9.17, 15) is 0 Å². The molecule has 1 aromatic carbocycles. The maximum Gasteiger partial charge on any atom is 0.0324 e. The minimum absolute atomic E-state index is 0.0632. The second-order valence-corrected chi connectivity index (χ2v) is 9.08.